The molecule has 17 heavy (non-hydrogen) atoms. The lowest BCUT2D eigenvalue weighted by Gasteiger charge is -2.20. The SMILES string of the molecule is CCCCCCCC(C)NCCN(CC)CC. The summed E-state index contributed by atoms with van der Waals surface area (Å²) in [4.78, 5) is 2.47. The van der Waals surface area contributed by atoms with Gasteiger partial charge in [-0.05, 0) is 26.4 Å². The zero-order valence-electron chi connectivity index (χ0n) is 12.6. The molecule has 2 nitrogen and oxygen atoms in total. The number of unbranched alkanes of at least 4 members (excludes halogenated alkanes) is 4. The number of hydrogen-bond donors (Lipinski definition) is 1. The molecule has 0 spiro atoms. The van der Waals surface area contributed by atoms with E-state index in [4.69, 9.17) is 0 Å². The van der Waals surface area contributed by atoms with Gasteiger partial charge in [0.15, 0.2) is 0 Å². The van der Waals surface area contributed by atoms with Crippen LogP contribution in [0.5, 0.6) is 0 Å². The van der Waals surface area contributed by atoms with E-state index in [9.17, 15) is 0 Å². The molecule has 1 N–H and O–H groups in total. The van der Waals surface area contributed by atoms with Gasteiger partial charge in [0.25, 0.3) is 0 Å². The molecule has 0 aliphatic heterocycles. The summed E-state index contributed by atoms with van der Waals surface area (Å²) >= 11 is 0. The van der Waals surface area contributed by atoms with Crippen molar-refractivity contribution in [2.75, 3.05) is 26.2 Å². The van der Waals surface area contributed by atoms with E-state index >= 15 is 0 Å². The van der Waals surface area contributed by atoms with Gasteiger partial charge in [0.05, 0.1) is 0 Å². The fraction of sp³-hybridized carbons (Fsp3) is 1.00. The van der Waals surface area contributed by atoms with Crippen LogP contribution in [0.3, 0.4) is 0 Å². The van der Waals surface area contributed by atoms with Crippen molar-refractivity contribution in [3.8, 4) is 0 Å². The minimum atomic E-state index is 0.687. The largest absolute Gasteiger partial charge is 0.313 e. The number of nitrogens with zero attached hydrogens (tertiary/aromatic N) is 1. The lowest BCUT2D eigenvalue weighted by atomic mass is 10.1. The third-order valence-electron chi connectivity index (χ3n) is 3.56. The second-order valence-corrected chi connectivity index (χ2v) is 5.08. The summed E-state index contributed by atoms with van der Waals surface area (Å²) in [5.41, 5.74) is 0. The van der Waals surface area contributed by atoms with Gasteiger partial charge in [0, 0.05) is 19.1 Å². The van der Waals surface area contributed by atoms with Gasteiger partial charge in [0.1, 0.15) is 0 Å². The monoisotopic (exact) mass is 242 g/mol. The van der Waals surface area contributed by atoms with Gasteiger partial charge in [-0.15, -0.1) is 0 Å². The van der Waals surface area contributed by atoms with E-state index in [0.717, 1.165) is 6.54 Å². The van der Waals surface area contributed by atoms with Gasteiger partial charge >= 0.3 is 0 Å². The first-order valence-corrected chi connectivity index (χ1v) is 7.70. The maximum absolute atomic E-state index is 3.63. The van der Waals surface area contributed by atoms with Crippen molar-refractivity contribution in [3.05, 3.63) is 0 Å². The maximum Gasteiger partial charge on any atom is 0.0107 e. The molecular weight excluding hydrogens is 208 g/mol. The molecule has 2 heteroatoms. The molecule has 0 saturated carbocycles. The zero-order chi connectivity index (χ0) is 12.9. The highest BCUT2D eigenvalue weighted by Crippen LogP contribution is 2.06. The molecule has 0 aromatic rings. The second-order valence-electron chi connectivity index (χ2n) is 5.08. The fourth-order valence-electron chi connectivity index (χ4n) is 2.17. The Kier molecular flexibility index (Phi) is 12.3. The zero-order valence-corrected chi connectivity index (χ0v) is 12.6. The highest BCUT2D eigenvalue weighted by Gasteiger charge is 2.02. The van der Waals surface area contributed by atoms with Crippen molar-refractivity contribution in [3.63, 3.8) is 0 Å². The van der Waals surface area contributed by atoms with Crippen molar-refractivity contribution < 1.29 is 0 Å². The molecule has 0 fully saturated rings. The van der Waals surface area contributed by atoms with Gasteiger partial charge < -0.3 is 10.2 Å². The molecule has 0 bridgehead atoms. The van der Waals surface area contributed by atoms with Gasteiger partial charge in [-0.25, -0.2) is 0 Å². The van der Waals surface area contributed by atoms with Crippen LogP contribution in [0.15, 0.2) is 0 Å². The normalized spacial score (nSPS) is 13.2. The van der Waals surface area contributed by atoms with Gasteiger partial charge in [-0.3, -0.25) is 0 Å². The molecule has 0 radical (unpaired) electrons. The molecule has 104 valence electrons. The van der Waals surface area contributed by atoms with Crippen molar-refractivity contribution >= 4 is 0 Å². The van der Waals surface area contributed by atoms with Crippen molar-refractivity contribution in [1.29, 1.82) is 0 Å². The number of rotatable bonds is 12. The standard InChI is InChI=1S/C15H34N2/c1-5-8-9-10-11-12-15(4)16-13-14-17(6-2)7-3/h15-16H,5-14H2,1-4H3. The third-order valence-corrected chi connectivity index (χ3v) is 3.56. The van der Waals surface area contributed by atoms with Crippen LogP contribution in [-0.4, -0.2) is 37.1 Å². The highest BCUT2D eigenvalue weighted by atomic mass is 15.1. The third kappa shape index (κ3) is 10.8. The Hall–Kier alpha value is -0.0800. The number of hydrogen-bond acceptors (Lipinski definition) is 2. The molecule has 0 amide bonds. The summed E-state index contributed by atoms with van der Waals surface area (Å²) in [6, 6.07) is 0.687. The van der Waals surface area contributed by atoms with Crippen molar-refractivity contribution in [2.24, 2.45) is 0 Å². The first-order chi connectivity index (χ1) is 8.24. The molecule has 0 saturated heterocycles. The lowest BCUT2D eigenvalue weighted by Crippen LogP contribution is -2.35. The van der Waals surface area contributed by atoms with E-state index in [0.29, 0.717) is 6.04 Å². The van der Waals surface area contributed by atoms with Crippen LogP contribution in [0.25, 0.3) is 0 Å². The minimum absolute atomic E-state index is 0.687. The Morgan fingerprint density at radius 1 is 0.941 bits per heavy atom. The molecule has 0 aliphatic rings. The average molecular weight is 242 g/mol. The van der Waals surface area contributed by atoms with Gasteiger partial charge in [0.2, 0.25) is 0 Å². The Balaban J connectivity index is 3.30. The van der Waals surface area contributed by atoms with Crippen LogP contribution in [0.4, 0.5) is 0 Å². The minimum Gasteiger partial charge on any atom is -0.313 e. The van der Waals surface area contributed by atoms with Crippen molar-refractivity contribution in [2.45, 2.75) is 72.3 Å². The molecule has 1 unspecified atom stereocenters. The van der Waals surface area contributed by atoms with E-state index in [1.165, 1.54) is 58.2 Å². The van der Waals surface area contributed by atoms with Crippen LogP contribution in [0, 0.1) is 0 Å². The summed E-state index contributed by atoms with van der Waals surface area (Å²) in [6.07, 6.45) is 8.31. The van der Waals surface area contributed by atoms with Crippen LogP contribution in [0.2, 0.25) is 0 Å². The predicted molar refractivity (Wildman–Crippen MR) is 78.6 cm³/mol. The predicted octanol–water partition coefficient (Wildman–Crippen LogP) is 3.67. The topological polar surface area (TPSA) is 15.3 Å². The lowest BCUT2D eigenvalue weighted by molar-refractivity contribution is 0.295. The maximum atomic E-state index is 3.63. The van der Waals surface area contributed by atoms with E-state index in [1.54, 1.807) is 0 Å². The smallest absolute Gasteiger partial charge is 0.0107 e. The summed E-state index contributed by atoms with van der Waals surface area (Å²) in [5, 5.41) is 3.63. The molecule has 0 aromatic heterocycles. The molecule has 0 aliphatic carbocycles. The van der Waals surface area contributed by atoms with Crippen LogP contribution in [0.1, 0.15) is 66.2 Å². The van der Waals surface area contributed by atoms with Gasteiger partial charge in [-0.1, -0.05) is 52.9 Å². The molecule has 0 rings (SSSR count). The Morgan fingerprint density at radius 3 is 2.18 bits per heavy atom. The van der Waals surface area contributed by atoms with Crippen LogP contribution in [-0.2, 0) is 0 Å². The molecule has 1 atom stereocenters. The Bertz CT molecular complexity index is 144. The number of nitrogens with one attached hydrogen (secondary N) is 1. The summed E-state index contributed by atoms with van der Waals surface area (Å²) in [6.45, 7) is 13.7. The quantitative estimate of drug-likeness (QED) is 0.525. The molecule has 0 aromatic carbocycles. The van der Waals surface area contributed by atoms with Crippen LogP contribution >= 0.6 is 0 Å². The Labute approximate surface area is 109 Å². The van der Waals surface area contributed by atoms with E-state index in [2.05, 4.69) is 37.9 Å². The van der Waals surface area contributed by atoms with Crippen LogP contribution < -0.4 is 5.32 Å². The molecular formula is C15H34N2. The van der Waals surface area contributed by atoms with E-state index < -0.39 is 0 Å². The summed E-state index contributed by atoms with van der Waals surface area (Å²) in [5.74, 6) is 0. The van der Waals surface area contributed by atoms with Gasteiger partial charge in [-0.2, -0.15) is 0 Å². The summed E-state index contributed by atoms with van der Waals surface area (Å²) < 4.78 is 0. The number of likely N-dealkylation sites (N-methyl/N-ethyl adjacent to an activating group) is 1. The molecule has 0 heterocycles. The highest BCUT2D eigenvalue weighted by molar-refractivity contribution is 4.63. The van der Waals surface area contributed by atoms with E-state index in [-0.39, 0.29) is 0 Å². The van der Waals surface area contributed by atoms with Crippen molar-refractivity contribution in [1.82, 2.24) is 10.2 Å². The first kappa shape index (κ1) is 16.9. The average Bonchev–Trinajstić information content (AvgIpc) is 2.34. The first-order valence-electron chi connectivity index (χ1n) is 7.70. The Morgan fingerprint density at radius 2 is 1.59 bits per heavy atom. The second kappa shape index (κ2) is 12.4. The summed E-state index contributed by atoms with van der Waals surface area (Å²) in [7, 11) is 0. The van der Waals surface area contributed by atoms with E-state index in [1.807, 2.05) is 0 Å². The fourth-order valence-corrected chi connectivity index (χ4v) is 2.17.